The van der Waals surface area contributed by atoms with Crippen LogP contribution in [0.5, 0.6) is 0 Å². The molecule has 0 amide bonds. The van der Waals surface area contributed by atoms with Gasteiger partial charge in [0, 0.05) is 5.25 Å². The average molecular weight is 678 g/mol. The first-order valence-corrected chi connectivity index (χ1v) is 19.4. The quantitative estimate of drug-likeness (QED) is 0.154. The van der Waals surface area contributed by atoms with E-state index in [0.29, 0.717) is 11.2 Å². The minimum atomic E-state index is 0. The van der Waals surface area contributed by atoms with Crippen molar-refractivity contribution in [1.82, 2.24) is 0 Å². The first kappa shape index (κ1) is 37.1. The summed E-state index contributed by atoms with van der Waals surface area (Å²) < 4.78 is 0. The van der Waals surface area contributed by atoms with Crippen molar-refractivity contribution in [2.75, 3.05) is 0 Å². The SMILES string of the molecule is CC(C)C1=CC2=C(c3ccccc3)C(C)SC2=[C-]1.Cc1cc2c(-c3ccc(C(C)(C)C)cc3)ccc(C)c2[cH-]1.[CH3-].[CH3-].[Si]=[Zr]. The number of fused-ring (bicyclic) bond motifs is 2. The number of rotatable bonds is 3. The van der Waals surface area contributed by atoms with Gasteiger partial charge in [-0.15, -0.1) is 50.7 Å². The molecule has 0 nitrogen and oxygen atoms in total. The first-order chi connectivity index (χ1) is 19.5. The van der Waals surface area contributed by atoms with Gasteiger partial charge in [-0.1, -0.05) is 120 Å². The van der Waals surface area contributed by atoms with E-state index in [9.17, 15) is 0 Å². The number of hydrogen-bond donors (Lipinski definition) is 0. The molecule has 1 aliphatic heterocycles. The van der Waals surface area contributed by atoms with Crippen LogP contribution in [-0.2, 0) is 28.8 Å². The Morgan fingerprint density at radius 3 is 2.09 bits per heavy atom. The zero-order valence-corrected chi connectivity index (χ0v) is 31.9. The summed E-state index contributed by atoms with van der Waals surface area (Å²) in [5.74, 6) is 0.559. The molecule has 1 aliphatic carbocycles. The third kappa shape index (κ3) is 8.36. The van der Waals surface area contributed by atoms with Crippen LogP contribution < -0.4 is 0 Å². The molecule has 0 saturated carbocycles. The Kier molecular flexibility index (Phi) is 13.6. The second kappa shape index (κ2) is 15.8. The van der Waals surface area contributed by atoms with E-state index in [1.165, 1.54) is 89.1 Å². The molecule has 1 heterocycles. The number of allylic oxidation sites excluding steroid dienone is 4. The van der Waals surface area contributed by atoms with Crippen LogP contribution >= 0.6 is 11.8 Å². The molecule has 2 radical (unpaired) electrons. The summed E-state index contributed by atoms with van der Waals surface area (Å²) >= 11 is 3.30. The molecule has 0 spiro atoms. The number of thioether (sulfide) groups is 1. The average Bonchev–Trinajstić information content (AvgIpc) is 3.63. The summed E-state index contributed by atoms with van der Waals surface area (Å²) in [6.07, 6.45) is 5.90. The summed E-state index contributed by atoms with van der Waals surface area (Å²) in [4.78, 5) is 1.34. The number of aryl methyl sites for hydroxylation is 2. The Hall–Kier alpha value is -2.06. The van der Waals surface area contributed by atoms with Crippen LogP contribution in [0.3, 0.4) is 0 Å². The van der Waals surface area contributed by atoms with Crippen LogP contribution in [0.1, 0.15) is 63.8 Å². The molecular formula is C40H46SSiZr-4. The van der Waals surface area contributed by atoms with Crippen molar-refractivity contribution < 1.29 is 23.3 Å². The normalized spacial score (nSPS) is 15.3. The molecule has 6 rings (SSSR count). The Morgan fingerprint density at radius 2 is 1.51 bits per heavy atom. The molecule has 1 atom stereocenters. The summed E-state index contributed by atoms with van der Waals surface area (Å²) in [5, 5.41) is 3.29. The van der Waals surface area contributed by atoms with E-state index >= 15 is 0 Å². The fraction of sp³-hybridized carbons (Fsp3) is 0.275. The number of benzene rings is 3. The molecule has 0 saturated heterocycles. The zero-order valence-electron chi connectivity index (χ0n) is 27.6. The van der Waals surface area contributed by atoms with Crippen LogP contribution in [-0.4, -0.2) is 12.1 Å². The predicted molar refractivity (Wildman–Crippen MR) is 192 cm³/mol. The Balaban J connectivity index is 0.000000274. The maximum absolute atomic E-state index is 3.57. The van der Waals surface area contributed by atoms with Gasteiger partial charge in [0.2, 0.25) is 0 Å². The molecule has 2 aliphatic rings. The first-order valence-electron chi connectivity index (χ1n) is 14.4. The van der Waals surface area contributed by atoms with E-state index in [0.717, 1.165) is 0 Å². The van der Waals surface area contributed by atoms with Crippen molar-refractivity contribution in [2.45, 2.75) is 66.1 Å². The fourth-order valence-electron chi connectivity index (χ4n) is 5.51. The Morgan fingerprint density at radius 1 is 0.884 bits per heavy atom. The second-order valence-corrected chi connectivity index (χ2v) is 13.6. The van der Waals surface area contributed by atoms with E-state index < -0.39 is 0 Å². The summed E-state index contributed by atoms with van der Waals surface area (Å²) in [6.45, 7) is 20.9. The monoisotopic (exact) mass is 676 g/mol. The van der Waals surface area contributed by atoms with Crippen LogP contribution in [0.15, 0.2) is 101 Å². The van der Waals surface area contributed by atoms with E-state index in [1.807, 2.05) is 11.8 Å². The van der Waals surface area contributed by atoms with E-state index in [-0.39, 0.29) is 20.3 Å². The molecule has 3 heteroatoms. The van der Waals surface area contributed by atoms with E-state index in [4.69, 9.17) is 0 Å². The summed E-state index contributed by atoms with van der Waals surface area (Å²) in [7, 11) is 0. The Bertz CT molecular complexity index is 1610. The van der Waals surface area contributed by atoms with Gasteiger partial charge in [0.05, 0.1) is 0 Å². The fourth-order valence-corrected chi connectivity index (χ4v) is 6.72. The van der Waals surface area contributed by atoms with E-state index in [2.05, 4.69) is 153 Å². The predicted octanol–water partition coefficient (Wildman–Crippen LogP) is 11.5. The third-order valence-corrected chi connectivity index (χ3v) is 8.96. The van der Waals surface area contributed by atoms with Gasteiger partial charge in [-0.3, -0.25) is 0 Å². The standard InChI is InChI=1S/C21H23.C17H17S.2CH3.Si.Zr/c1-14-12-19-15(2)6-11-18(20(19)13-14)16-7-9-17(10-8-16)21(3,4)5;1-11(2)14-9-15-16(10-14)18-12(3)17(15)13-7-5-4-6-8-13;;;;/h6-13H,1-5H3;4-9,11-12H,1-3H3;2*1H3;;/q4*-1;;. The summed E-state index contributed by atoms with van der Waals surface area (Å²) in [5.41, 5.74) is 12.5. The molecule has 43 heavy (non-hydrogen) atoms. The van der Waals surface area contributed by atoms with Crippen molar-refractivity contribution in [3.63, 3.8) is 0 Å². The summed E-state index contributed by atoms with van der Waals surface area (Å²) in [6, 6.07) is 28.8. The topological polar surface area (TPSA) is 0 Å². The molecular weight excluding hydrogens is 632 g/mol. The zero-order chi connectivity index (χ0) is 29.9. The van der Waals surface area contributed by atoms with Crippen LogP contribution in [0.2, 0.25) is 0 Å². The van der Waals surface area contributed by atoms with Gasteiger partial charge in [-0.05, 0) is 34.9 Å². The molecule has 4 aromatic rings. The van der Waals surface area contributed by atoms with Crippen molar-refractivity contribution >= 4 is 35.0 Å². The molecule has 0 N–H and O–H groups in total. The van der Waals surface area contributed by atoms with Gasteiger partial charge in [-0.25, -0.2) is 6.08 Å². The van der Waals surface area contributed by atoms with Gasteiger partial charge in [0.15, 0.2) is 0 Å². The van der Waals surface area contributed by atoms with Gasteiger partial charge < -0.3 is 14.9 Å². The molecule has 4 aromatic carbocycles. The van der Waals surface area contributed by atoms with Gasteiger partial charge in [0.1, 0.15) is 0 Å². The molecule has 1 unspecified atom stereocenters. The van der Waals surface area contributed by atoms with Gasteiger partial charge in [0.25, 0.3) is 0 Å². The molecule has 0 aromatic heterocycles. The second-order valence-electron chi connectivity index (χ2n) is 12.3. The molecule has 0 bridgehead atoms. The van der Waals surface area contributed by atoms with Crippen molar-refractivity contribution in [3.05, 3.63) is 144 Å². The van der Waals surface area contributed by atoms with Crippen LogP contribution in [0, 0.1) is 40.7 Å². The maximum atomic E-state index is 3.57. The molecule has 224 valence electrons. The van der Waals surface area contributed by atoms with E-state index in [1.54, 1.807) is 0 Å². The van der Waals surface area contributed by atoms with Crippen molar-refractivity contribution in [2.24, 2.45) is 5.92 Å². The van der Waals surface area contributed by atoms with Crippen LogP contribution in [0.4, 0.5) is 0 Å². The number of hydrogen-bond acceptors (Lipinski definition) is 1. The third-order valence-electron chi connectivity index (χ3n) is 7.81. The Labute approximate surface area is 283 Å². The van der Waals surface area contributed by atoms with Crippen molar-refractivity contribution in [3.8, 4) is 11.1 Å². The van der Waals surface area contributed by atoms with Gasteiger partial charge >= 0.3 is 30.2 Å². The van der Waals surface area contributed by atoms with Crippen LogP contribution in [0.25, 0.3) is 27.5 Å². The van der Waals surface area contributed by atoms with Crippen molar-refractivity contribution in [1.29, 1.82) is 0 Å². The van der Waals surface area contributed by atoms with Gasteiger partial charge in [-0.2, -0.15) is 23.3 Å². The minimum absolute atomic E-state index is 0. The molecule has 0 fully saturated rings.